The van der Waals surface area contributed by atoms with Crippen molar-refractivity contribution < 1.29 is 0 Å². The Morgan fingerprint density at radius 3 is 2.63 bits per heavy atom. The molecule has 1 N–H and O–H groups in total. The molecule has 2 saturated heterocycles. The molecule has 2 nitrogen and oxygen atoms in total. The summed E-state index contributed by atoms with van der Waals surface area (Å²) in [6, 6.07) is 11.0. The number of piperidine rings is 2. The smallest absolute Gasteiger partial charge is 0.00120 e. The standard InChI is InChI=1S/C17H26N2/c1-19-11-8-17(9-12-19)7-10-18-14-16(17)13-15-5-3-2-4-6-15/h2-6,16,18H,7-14H2,1H3. The monoisotopic (exact) mass is 258 g/mol. The van der Waals surface area contributed by atoms with Gasteiger partial charge in [-0.25, -0.2) is 0 Å². The minimum Gasteiger partial charge on any atom is -0.316 e. The SMILES string of the molecule is CN1CCC2(CCNCC2Cc2ccccc2)CC1. The van der Waals surface area contributed by atoms with E-state index in [1.165, 1.54) is 57.4 Å². The van der Waals surface area contributed by atoms with Crippen molar-refractivity contribution in [1.82, 2.24) is 10.2 Å². The quantitative estimate of drug-likeness (QED) is 0.877. The van der Waals surface area contributed by atoms with E-state index in [1.54, 1.807) is 0 Å². The molecule has 3 rings (SSSR count). The van der Waals surface area contributed by atoms with E-state index in [1.807, 2.05) is 0 Å². The first-order valence-corrected chi connectivity index (χ1v) is 7.72. The van der Waals surface area contributed by atoms with Crippen LogP contribution in [0.4, 0.5) is 0 Å². The molecule has 2 aliphatic rings. The Morgan fingerprint density at radius 2 is 1.89 bits per heavy atom. The van der Waals surface area contributed by atoms with E-state index in [9.17, 15) is 0 Å². The average molecular weight is 258 g/mol. The first-order valence-electron chi connectivity index (χ1n) is 7.72. The fraction of sp³-hybridized carbons (Fsp3) is 0.647. The van der Waals surface area contributed by atoms with Crippen molar-refractivity contribution in [2.24, 2.45) is 11.3 Å². The predicted molar refractivity (Wildman–Crippen MR) is 80.3 cm³/mol. The summed E-state index contributed by atoms with van der Waals surface area (Å²) in [7, 11) is 2.26. The highest BCUT2D eigenvalue weighted by molar-refractivity contribution is 5.16. The topological polar surface area (TPSA) is 15.3 Å². The average Bonchev–Trinajstić information content (AvgIpc) is 2.46. The van der Waals surface area contributed by atoms with Gasteiger partial charge in [0.15, 0.2) is 0 Å². The molecule has 2 heterocycles. The largest absolute Gasteiger partial charge is 0.316 e. The van der Waals surface area contributed by atoms with Gasteiger partial charge in [0.25, 0.3) is 0 Å². The highest BCUT2D eigenvalue weighted by atomic mass is 15.1. The lowest BCUT2D eigenvalue weighted by molar-refractivity contribution is 0.0306. The van der Waals surface area contributed by atoms with E-state index >= 15 is 0 Å². The second kappa shape index (κ2) is 5.64. The molecule has 0 saturated carbocycles. The van der Waals surface area contributed by atoms with Crippen LogP contribution in [0.5, 0.6) is 0 Å². The van der Waals surface area contributed by atoms with Crippen LogP contribution in [-0.2, 0) is 6.42 Å². The van der Waals surface area contributed by atoms with Crippen LogP contribution in [0.3, 0.4) is 0 Å². The summed E-state index contributed by atoms with van der Waals surface area (Å²) in [4.78, 5) is 2.49. The van der Waals surface area contributed by atoms with Gasteiger partial charge in [0.2, 0.25) is 0 Å². The van der Waals surface area contributed by atoms with Crippen LogP contribution in [-0.4, -0.2) is 38.1 Å². The van der Waals surface area contributed by atoms with Gasteiger partial charge in [-0.2, -0.15) is 0 Å². The summed E-state index contributed by atoms with van der Waals surface area (Å²) in [6.07, 6.45) is 5.40. The molecule has 2 fully saturated rings. The van der Waals surface area contributed by atoms with Crippen LogP contribution in [0.2, 0.25) is 0 Å². The molecule has 0 aliphatic carbocycles. The lowest BCUT2D eigenvalue weighted by atomic mass is 9.63. The molecule has 104 valence electrons. The Labute approximate surface area is 117 Å². The van der Waals surface area contributed by atoms with Crippen LogP contribution in [0.25, 0.3) is 0 Å². The Morgan fingerprint density at radius 1 is 1.16 bits per heavy atom. The Bertz CT molecular complexity index is 393. The van der Waals surface area contributed by atoms with Crippen molar-refractivity contribution in [3.63, 3.8) is 0 Å². The molecule has 2 heteroatoms. The highest BCUT2D eigenvalue weighted by Gasteiger charge is 2.41. The molecule has 1 spiro atoms. The van der Waals surface area contributed by atoms with E-state index in [0.717, 1.165) is 5.92 Å². The first kappa shape index (κ1) is 13.1. The van der Waals surface area contributed by atoms with Crippen molar-refractivity contribution in [2.75, 3.05) is 33.2 Å². The molecule has 0 aromatic heterocycles. The molecule has 0 radical (unpaired) electrons. The fourth-order valence-electron chi connectivity index (χ4n) is 3.94. The molecule has 1 aromatic rings. The van der Waals surface area contributed by atoms with Gasteiger partial charge in [-0.05, 0) is 75.8 Å². The zero-order valence-electron chi connectivity index (χ0n) is 12.1. The summed E-state index contributed by atoms with van der Waals surface area (Å²) in [6.45, 7) is 4.99. The molecule has 19 heavy (non-hydrogen) atoms. The number of hydrogen-bond acceptors (Lipinski definition) is 2. The van der Waals surface area contributed by atoms with E-state index in [2.05, 4.69) is 47.6 Å². The summed E-state index contributed by atoms with van der Waals surface area (Å²) in [5.41, 5.74) is 2.11. The highest BCUT2D eigenvalue weighted by Crippen LogP contribution is 2.44. The number of benzene rings is 1. The third-order valence-electron chi connectivity index (χ3n) is 5.36. The van der Waals surface area contributed by atoms with Gasteiger partial charge < -0.3 is 10.2 Å². The molecule has 0 amide bonds. The molecule has 0 bridgehead atoms. The number of hydrogen-bond donors (Lipinski definition) is 1. The van der Waals surface area contributed by atoms with Crippen LogP contribution in [0, 0.1) is 11.3 Å². The zero-order valence-corrected chi connectivity index (χ0v) is 12.1. The van der Waals surface area contributed by atoms with Gasteiger partial charge in [0.1, 0.15) is 0 Å². The van der Waals surface area contributed by atoms with Crippen molar-refractivity contribution in [3.8, 4) is 0 Å². The van der Waals surface area contributed by atoms with Crippen molar-refractivity contribution in [3.05, 3.63) is 35.9 Å². The summed E-state index contributed by atoms with van der Waals surface area (Å²) in [5, 5.41) is 3.62. The summed E-state index contributed by atoms with van der Waals surface area (Å²) in [5.74, 6) is 0.817. The van der Waals surface area contributed by atoms with Gasteiger partial charge in [-0.1, -0.05) is 30.3 Å². The summed E-state index contributed by atoms with van der Waals surface area (Å²) >= 11 is 0. The molecule has 2 aliphatic heterocycles. The lowest BCUT2D eigenvalue weighted by Crippen LogP contribution is -2.51. The Hall–Kier alpha value is -0.860. The molecule has 1 unspecified atom stereocenters. The Balaban J connectivity index is 1.74. The first-order chi connectivity index (χ1) is 9.28. The molecular weight excluding hydrogens is 232 g/mol. The molecule has 1 atom stereocenters. The maximum atomic E-state index is 3.62. The maximum absolute atomic E-state index is 3.62. The number of nitrogens with zero attached hydrogens (tertiary/aromatic N) is 1. The fourth-order valence-corrected chi connectivity index (χ4v) is 3.94. The van der Waals surface area contributed by atoms with E-state index in [4.69, 9.17) is 0 Å². The van der Waals surface area contributed by atoms with Gasteiger partial charge in [0.05, 0.1) is 0 Å². The van der Waals surface area contributed by atoms with E-state index in [0.29, 0.717) is 5.41 Å². The number of rotatable bonds is 2. The van der Waals surface area contributed by atoms with Crippen LogP contribution >= 0.6 is 0 Å². The van der Waals surface area contributed by atoms with Crippen LogP contribution < -0.4 is 5.32 Å². The summed E-state index contributed by atoms with van der Waals surface area (Å²) < 4.78 is 0. The van der Waals surface area contributed by atoms with Crippen molar-refractivity contribution >= 4 is 0 Å². The minimum absolute atomic E-state index is 0.605. The number of nitrogens with one attached hydrogen (secondary N) is 1. The van der Waals surface area contributed by atoms with Crippen LogP contribution in [0.1, 0.15) is 24.8 Å². The zero-order chi connectivity index (χ0) is 13.1. The number of likely N-dealkylation sites (tertiary alicyclic amines) is 1. The van der Waals surface area contributed by atoms with E-state index < -0.39 is 0 Å². The maximum Gasteiger partial charge on any atom is -0.00120 e. The van der Waals surface area contributed by atoms with Gasteiger partial charge >= 0.3 is 0 Å². The van der Waals surface area contributed by atoms with Crippen molar-refractivity contribution in [1.29, 1.82) is 0 Å². The third-order valence-corrected chi connectivity index (χ3v) is 5.36. The van der Waals surface area contributed by atoms with Crippen LogP contribution in [0.15, 0.2) is 30.3 Å². The van der Waals surface area contributed by atoms with Gasteiger partial charge in [-0.15, -0.1) is 0 Å². The predicted octanol–water partition coefficient (Wildman–Crippen LogP) is 2.55. The van der Waals surface area contributed by atoms with Crippen molar-refractivity contribution in [2.45, 2.75) is 25.7 Å². The molecular formula is C17H26N2. The third kappa shape index (κ3) is 2.85. The molecule has 1 aromatic carbocycles. The lowest BCUT2D eigenvalue weighted by Gasteiger charge is -2.49. The second-order valence-corrected chi connectivity index (χ2v) is 6.51. The van der Waals surface area contributed by atoms with E-state index in [-0.39, 0.29) is 0 Å². The van der Waals surface area contributed by atoms with Gasteiger partial charge in [-0.3, -0.25) is 0 Å². The normalized spacial score (nSPS) is 27.5. The van der Waals surface area contributed by atoms with Gasteiger partial charge in [0, 0.05) is 0 Å². The second-order valence-electron chi connectivity index (χ2n) is 6.51. The minimum atomic E-state index is 0.605. The Kier molecular flexibility index (Phi) is 3.90.